The molecule has 0 aromatic rings. The van der Waals surface area contributed by atoms with E-state index in [4.69, 9.17) is 5.73 Å². The molecule has 0 spiro atoms. The summed E-state index contributed by atoms with van der Waals surface area (Å²) in [6.45, 7) is 1.16. The molecule has 5 heteroatoms. The lowest BCUT2D eigenvalue weighted by atomic mass is 10.1. The molecule has 0 saturated heterocycles. The second kappa shape index (κ2) is 14.0. The van der Waals surface area contributed by atoms with Crippen molar-refractivity contribution in [1.29, 1.82) is 0 Å². The highest BCUT2D eigenvalue weighted by atomic mass is 31.1. The van der Waals surface area contributed by atoms with Crippen LogP contribution in [0.3, 0.4) is 0 Å². The average Bonchev–Trinajstić information content (AvgIpc) is 2.30. The fourth-order valence-corrected chi connectivity index (χ4v) is 2.08. The van der Waals surface area contributed by atoms with E-state index in [1.807, 2.05) is 0 Å². The highest BCUT2D eigenvalue weighted by Crippen LogP contribution is 2.13. The van der Waals surface area contributed by atoms with Gasteiger partial charge in [-0.05, 0) is 24.0 Å². The van der Waals surface area contributed by atoms with Crippen molar-refractivity contribution in [1.82, 2.24) is 0 Å². The lowest BCUT2D eigenvalue weighted by Crippen LogP contribution is -1.97. The molecule has 2 N–H and O–H groups in total. The van der Waals surface area contributed by atoms with E-state index < -0.39 is 8.25 Å². The van der Waals surface area contributed by atoms with Crippen molar-refractivity contribution in [2.75, 3.05) is 13.2 Å². The van der Waals surface area contributed by atoms with Gasteiger partial charge in [-0.2, -0.15) is 0 Å². The molecule has 17 heavy (non-hydrogen) atoms. The Morgan fingerprint density at radius 1 is 0.824 bits per heavy atom. The number of nitrogens with two attached hydrogens (primary N) is 1. The third kappa shape index (κ3) is 16.0. The van der Waals surface area contributed by atoms with Gasteiger partial charge in [0, 0.05) is 0 Å². The number of hydrogen-bond donors (Lipinski definition) is 1. The average molecular weight is 263 g/mol. The molecule has 0 heterocycles. The molecule has 0 aliphatic rings. The molecule has 102 valence electrons. The van der Waals surface area contributed by atoms with Crippen molar-refractivity contribution in [2.45, 2.75) is 64.2 Å². The van der Waals surface area contributed by atoms with Crippen molar-refractivity contribution in [3.05, 3.63) is 0 Å². The quantitative estimate of drug-likeness (QED) is 0.409. The molecule has 0 aliphatic heterocycles. The molecule has 0 aromatic heterocycles. The maximum atomic E-state index is 10.1. The Hall–Kier alpha value is -0.0200. The van der Waals surface area contributed by atoms with Crippen LogP contribution in [0, 0.1) is 0 Å². The molecule has 1 unspecified atom stereocenters. The first-order valence-corrected chi connectivity index (χ1v) is 7.84. The van der Waals surface area contributed by atoms with E-state index in [1.54, 1.807) is 0 Å². The van der Waals surface area contributed by atoms with Gasteiger partial charge >= 0.3 is 8.25 Å². The maximum Gasteiger partial charge on any atom is 0.488 e. The molecule has 0 fully saturated rings. The van der Waals surface area contributed by atoms with Gasteiger partial charge in [0.1, 0.15) is 6.61 Å². The van der Waals surface area contributed by atoms with Crippen molar-refractivity contribution in [3.8, 4) is 0 Å². The highest BCUT2D eigenvalue weighted by molar-refractivity contribution is 7.30. The Bertz CT molecular complexity index is 179. The van der Waals surface area contributed by atoms with E-state index >= 15 is 0 Å². The first-order valence-electron chi connectivity index (χ1n) is 6.74. The normalized spacial score (nSPS) is 11.8. The van der Waals surface area contributed by atoms with Gasteiger partial charge in [0.15, 0.2) is 0 Å². The largest absolute Gasteiger partial charge is 0.566 e. The van der Waals surface area contributed by atoms with Gasteiger partial charge in [-0.25, -0.2) is 0 Å². The van der Waals surface area contributed by atoms with E-state index in [9.17, 15) is 9.46 Å². The van der Waals surface area contributed by atoms with Gasteiger partial charge in [-0.1, -0.05) is 51.4 Å². The minimum Gasteiger partial charge on any atom is -0.566 e. The zero-order chi connectivity index (χ0) is 12.8. The zero-order valence-electron chi connectivity index (χ0n) is 10.7. The molecule has 1 atom stereocenters. The van der Waals surface area contributed by atoms with Gasteiger partial charge in [0.2, 0.25) is 0 Å². The van der Waals surface area contributed by atoms with E-state index in [0.29, 0.717) is 6.61 Å². The van der Waals surface area contributed by atoms with Crippen LogP contribution in [0.25, 0.3) is 0 Å². The highest BCUT2D eigenvalue weighted by Gasteiger charge is 1.99. The second-order valence-electron chi connectivity index (χ2n) is 4.38. The van der Waals surface area contributed by atoms with Crippen molar-refractivity contribution < 1.29 is 14.0 Å². The molecule has 4 nitrogen and oxygen atoms in total. The summed E-state index contributed by atoms with van der Waals surface area (Å²) >= 11 is 0. The van der Waals surface area contributed by atoms with Crippen LogP contribution in [0.1, 0.15) is 64.2 Å². The predicted octanol–water partition coefficient (Wildman–Crippen LogP) is 2.88. The van der Waals surface area contributed by atoms with Crippen molar-refractivity contribution in [3.63, 3.8) is 0 Å². The summed E-state index contributed by atoms with van der Waals surface area (Å²) in [4.78, 5) is 10.1. The topological polar surface area (TPSA) is 75.4 Å². The van der Waals surface area contributed by atoms with Crippen LogP contribution in [0.4, 0.5) is 0 Å². The van der Waals surface area contributed by atoms with Crippen LogP contribution in [-0.4, -0.2) is 13.2 Å². The SMILES string of the molecule is NCCCCCCCCCCCCO[P+](=O)[O-]. The van der Waals surface area contributed by atoms with Gasteiger partial charge < -0.3 is 10.6 Å². The van der Waals surface area contributed by atoms with Crippen LogP contribution in [0.15, 0.2) is 0 Å². The summed E-state index contributed by atoms with van der Waals surface area (Å²) in [5.41, 5.74) is 5.42. The monoisotopic (exact) mass is 263 g/mol. The second-order valence-corrected chi connectivity index (χ2v) is 5.09. The van der Waals surface area contributed by atoms with E-state index in [0.717, 1.165) is 25.8 Å². The summed E-state index contributed by atoms with van der Waals surface area (Å²) in [5, 5.41) is 0. The smallest absolute Gasteiger partial charge is 0.488 e. The molecular formula is C12H26NO3P. The third-order valence-electron chi connectivity index (χ3n) is 2.80. The summed E-state index contributed by atoms with van der Waals surface area (Å²) < 4.78 is 14.6. The fraction of sp³-hybridized carbons (Fsp3) is 1.00. The maximum absolute atomic E-state index is 10.1. The van der Waals surface area contributed by atoms with Gasteiger partial charge in [0.25, 0.3) is 0 Å². The minimum absolute atomic E-state index is 0.345. The first-order chi connectivity index (χ1) is 8.27. The van der Waals surface area contributed by atoms with Crippen LogP contribution in [0.5, 0.6) is 0 Å². The van der Waals surface area contributed by atoms with Crippen LogP contribution in [-0.2, 0) is 9.09 Å². The molecule has 0 bridgehead atoms. The standard InChI is InChI=1S/C12H26NO3P/c13-11-9-7-5-3-1-2-4-6-8-10-12-16-17(14)15/h1-13H2. The number of hydrogen-bond acceptors (Lipinski definition) is 4. The predicted molar refractivity (Wildman–Crippen MR) is 68.8 cm³/mol. The molecule has 0 rings (SSSR count). The summed E-state index contributed by atoms with van der Waals surface area (Å²) in [7, 11) is -2.65. The Labute approximate surface area is 106 Å². The lowest BCUT2D eigenvalue weighted by Gasteiger charge is -2.01. The number of unbranched alkanes of at least 4 members (excludes halogenated alkanes) is 9. The van der Waals surface area contributed by atoms with Crippen LogP contribution < -0.4 is 10.6 Å². The summed E-state index contributed by atoms with van der Waals surface area (Å²) in [5.74, 6) is 0. The van der Waals surface area contributed by atoms with Crippen molar-refractivity contribution in [2.24, 2.45) is 5.73 Å². The fourth-order valence-electron chi connectivity index (χ4n) is 1.80. The first kappa shape index (κ1) is 17.0. The van der Waals surface area contributed by atoms with Crippen LogP contribution in [0.2, 0.25) is 0 Å². The molecule has 0 aromatic carbocycles. The lowest BCUT2D eigenvalue weighted by molar-refractivity contribution is -0.185. The zero-order valence-corrected chi connectivity index (χ0v) is 11.6. The molecule has 0 amide bonds. The van der Waals surface area contributed by atoms with E-state index in [1.165, 1.54) is 44.9 Å². The van der Waals surface area contributed by atoms with E-state index in [2.05, 4.69) is 4.52 Å². The molecule has 0 aliphatic carbocycles. The van der Waals surface area contributed by atoms with Gasteiger partial charge in [-0.3, -0.25) is 0 Å². The Balaban J connectivity index is 2.91. The Morgan fingerprint density at radius 3 is 1.65 bits per heavy atom. The minimum atomic E-state index is -2.65. The van der Waals surface area contributed by atoms with Gasteiger partial charge in [0.05, 0.1) is 0 Å². The van der Waals surface area contributed by atoms with E-state index in [-0.39, 0.29) is 0 Å². The number of rotatable bonds is 13. The Morgan fingerprint density at radius 2 is 1.24 bits per heavy atom. The van der Waals surface area contributed by atoms with Crippen LogP contribution >= 0.6 is 8.25 Å². The summed E-state index contributed by atoms with van der Waals surface area (Å²) in [6, 6.07) is 0. The molecular weight excluding hydrogens is 237 g/mol. The van der Waals surface area contributed by atoms with Crippen molar-refractivity contribution >= 4 is 8.25 Å². The van der Waals surface area contributed by atoms with Gasteiger partial charge in [-0.15, -0.1) is 4.52 Å². The Kier molecular flexibility index (Phi) is 14.0. The summed E-state index contributed by atoms with van der Waals surface area (Å²) in [6.07, 6.45) is 12.0. The molecule has 0 radical (unpaired) electrons. The molecule has 0 saturated carbocycles. The third-order valence-corrected chi connectivity index (χ3v) is 3.19.